The maximum absolute atomic E-state index is 12.3. The molecule has 0 bridgehead atoms. The highest BCUT2D eigenvalue weighted by Gasteiger charge is 2.30. The third-order valence-electron chi connectivity index (χ3n) is 4.28. The monoisotopic (exact) mass is 383 g/mol. The molecular formula is C15H18BrN3O4. The molecule has 124 valence electrons. The van der Waals surface area contributed by atoms with Crippen LogP contribution in [0.5, 0.6) is 0 Å². The van der Waals surface area contributed by atoms with Gasteiger partial charge in [-0.1, -0.05) is 0 Å². The van der Waals surface area contributed by atoms with Crippen molar-refractivity contribution in [2.75, 3.05) is 37.7 Å². The van der Waals surface area contributed by atoms with Gasteiger partial charge in [-0.25, -0.2) is 0 Å². The Labute approximate surface area is 142 Å². The highest BCUT2D eigenvalue weighted by molar-refractivity contribution is 9.10. The molecule has 23 heavy (non-hydrogen) atoms. The number of anilines is 1. The summed E-state index contributed by atoms with van der Waals surface area (Å²) < 4.78 is 6.16. The van der Waals surface area contributed by atoms with E-state index >= 15 is 0 Å². The lowest BCUT2D eigenvalue weighted by molar-refractivity contribution is -0.384. The molecule has 3 rings (SSSR count). The van der Waals surface area contributed by atoms with Gasteiger partial charge in [-0.2, -0.15) is 0 Å². The van der Waals surface area contributed by atoms with E-state index in [1.807, 2.05) is 4.90 Å². The van der Waals surface area contributed by atoms with Gasteiger partial charge in [0.05, 0.1) is 10.6 Å². The van der Waals surface area contributed by atoms with E-state index < -0.39 is 4.92 Å². The van der Waals surface area contributed by atoms with Crippen molar-refractivity contribution in [2.24, 2.45) is 0 Å². The van der Waals surface area contributed by atoms with Crippen LogP contribution in [0.15, 0.2) is 22.7 Å². The Bertz CT molecular complexity index is 611. The van der Waals surface area contributed by atoms with Crippen molar-refractivity contribution >= 4 is 33.2 Å². The summed E-state index contributed by atoms with van der Waals surface area (Å²) >= 11 is 3.40. The predicted octanol–water partition coefficient (Wildman–Crippen LogP) is 2.18. The molecule has 0 N–H and O–H groups in total. The molecule has 0 spiro atoms. The topological polar surface area (TPSA) is 75.9 Å². The highest BCUT2D eigenvalue weighted by Crippen LogP contribution is 2.31. The minimum absolute atomic E-state index is 0.0628. The van der Waals surface area contributed by atoms with Crippen molar-refractivity contribution in [3.63, 3.8) is 0 Å². The van der Waals surface area contributed by atoms with Crippen LogP contribution in [0.25, 0.3) is 0 Å². The number of carbonyl (C=O) groups is 1. The standard InChI is InChI=1S/C15H18BrN3O4/c16-12-10-11(19(21)22)3-4-13(12)17-5-7-18(8-6-17)15(20)14-2-1-9-23-14/h3-4,10,14H,1-2,5-9H2/t14-/m1/s1. The van der Waals surface area contributed by atoms with Crippen LogP contribution in [0.2, 0.25) is 0 Å². The first kappa shape index (κ1) is 16.2. The highest BCUT2D eigenvalue weighted by atomic mass is 79.9. The smallest absolute Gasteiger partial charge is 0.270 e. The number of nitro groups is 1. The average molecular weight is 384 g/mol. The van der Waals surface area contributed by atoms with E-state index in [0.717, 1.165) is 18.5 Å². The second-order valence-electron chi connectivity index (χ2n) is 5.71. The molecule has 0 aromatic heterocycles. The maximum Gasteiger partial charge on any atom is 0.270 e. The molecule has 2 fully saturated rings. The van der Waals surface area contributed by atoms with Gasteiger partial charge >= 0.3 is 0 Å². The van der Waals surface area contributed by atoms with Crippen LogP contribution in [0.4, 0.5) is 11.4 Å². The number of nitrogens with zero attached hydrogens (tertiary/aromatic N) is 3. The molecule has 1 aromatic rings. The van der Waals surface area contributed by atoms with Gasteiger partial charge in [-0.15, -0.1) is 0 Å². The Morgan fingerprint density at radius 1 is 1.30 bits per heavy atom. The largest absolute Gasteiger partial charge is 0.368 e. The van der Waals surface area contributed by atoms with Crippen LogP contribution in [0.3, 0.4) is 0 Å². The number of ether oxygens (including phenoxy) is 1. The lowest BCUT2D eigenvalue weighted by atomic mass is 10.2. The first-order chi connectivity index (χ1) is 11.1. The van der Waals surface area contributed by atoms with Gasteiger partial charge in [0, 0.05) is 49.4 Å². The molecule has 2 aliphatic heterocycles. The predicted molar refractivity (Wildman–Crippen MR) is 88.6 cm³/mol. The van der Waals surface area contributed by atoms with Gasteiger partial charge in [0.25, 0.3) is 11.6 Å². The molecule has 0 radical (unpaired) electrons. The van der Waals surface area contributed by atoms with E-state index in [2.05, 4.69) is 20.8 Å². The zero-order valence-electron chi connectivity index (χ0n) is 12.6. The second-order valence-corrected chi connectivity index (χ2v) is 6.56. The Balaban J connectivity index is 1.62. The van der Waals surface area contributed by atoms with E-state index in [-0.39, 0.29) is 17.7 Å². The number of carbonyl (C=O) groups excluding carboxylic acids is 1. The number of amides is 1. The molecule has 1 atom stereocenters. The van der Waals surface area contributed by atoms with Crippen molar-refractivity contribution in [3.8, 4) is 0 Å². The Kier molecular flexibility index (Phi) is 4.82. The molecule has 8 heteroatoms. The number of nitro benzene ring substituents is 1. The average Bonchev–Trinajstić information content (AvgIpc) is 3.08. The number of halogens is 1. The van der Waals surface area contributed by atoms with Gasteiger partial charge in [-0.3, -0.25) is 14.9 Å². The molecule has 2 aliphatic rings. The molecule has 7 nitrogen and oxygen atoms in total. The quantitative estimate of drug-likeness (QED) is 0.590. The summed E-state index contributed by atoms with van der Waals surface area (Å²) in [5.41, 5.74) is 0.979. The Hall–Kier alpha value is -1.67. The summed E-state index contributed by atoms with van der Waals surface area (Å²) in [5, 5.41) is 10.8. The van der Waals surface area contributed by atoms with Crippen molar-refractivity contribution < 1.29 is 14.5 Å². The van der Waals surface area contributed by atoms with Crippen LogP contribution in [0.1, 0.15) is 12.8 Å². The van der Waals surface area contributed by atoms with Gasteiger partial charge in [0.2, 0.25) is 0 Å². The number of non-ortho nitro benzene ring substituents is 1. The first-order valence-electron chi connectivity index (χ1n) is 7.65. The summed E-state index contributed by atoms with van der Waals surface area (Å²) in [6, 6.07) is 4.77. The second kappa shape index (κ2) is 6.84. The number of benzene rings is 1. The first-order valence-corrected chi connectivity index (χ1v) is 8.45. The van der Waals surface area contributed by atoms with Gasteiger partial charge in [0.15, 0.2) is 0 Å². The number of hydrogen-bond donors (Lipinski definition) is 0. The zero-order chi connectivity index (χ0) is 16.4. The number of hydrogen-bond acceptors (Lipinski definition) is 5. The fraction of sp³-hybridized carbons (Fsp3) is 0.533. The van der Waals surface area contributed by atoms with E-state index in [9.17, 15) is 14.9 Å². The van der Waals surface area contributed by atoms with Gasteiger partial charge in [0.1, 0.15) is 6.10 Å². The SMILES string of the molecule is O=C([C@H]1CCCO1)N1CCN(c2ccc([N+](=O)[O-])cc2Br)CC1. The van der Waals surface area contributed by atoms with Crippen LogP contribution < -0.4 is 4.90 Å². The molecule has 0 unspecified atom stereocenters. The van der Waals surface area contributed by atoms with Gasteiger partial charge in [-0.05, 0) is 34.8 Å². The summed E-state index contributed by atoms with van der Waals surface area (Å²) in [5.74, 6) is 0.0879. The molecular weight excluding hydrogens is 366 g/mol. The molecule has 0 aliphatic carbocycles. The number of rotatable bonds is 3. The lowest BCUT2D eigenvalue weighted by Crippen LogP contribution is -2.51. The Morgan fingerprint density at radius 3 is 2.61 bits per heavy atom. The van der Waals surface area contributed by atoms with Crippen molar-refractivity contribution in [1.29, 1.82) is 0 Å². The zero-order valence-corrected chi connectivity index (χ0v) is 14.2. The van der Waals surface area contributed by atoms with Crippen molar-refractivity contribution in [2.45, 2.75) is 18.9 Å². The van der Waals surface area contributed by atoms with Crippen LogP contribution in [-0.4, -0.2) is 54.6 Å². The lowest BCUT2D eigenvalue weighted by Gasteiger charge is -2.37. The van der Waals surface area contributed by atoms with Crippen molar-refractivity contribution in [1.82, 2.24) is 4.90 Å². The van der Waals surface area contributed by atoms with E-state index in [4.69, 9.17) is 4.74 Å². The van der Waals surface area contributed by atoms with E-state index in [1.165, 1.54) is 12.1 Å². The normalized spacial score (nSPS) is 21.5. The Morgan fingerprint density at radius 2 is 2.04 bits per heavy atom. The third-order valence-corrected chi connectivity index (χ3v) is 4.91. The molecule has 1 aromatic carbocycles. The summed E-state index contributed by atoms with van der Waals surface area (Å²) in [4.78, 5) is 26.7. The van der Waals surface area contributed by atoms with Crippen LogP contribution in [0, 0.1) is 10.1 Å². The number of piperazine rings is 1. The fourth-order valence-electron chi connectivity index (χ4n) is 3.01. The minimum Gasteiger partial charge on any atom is -0.368 e. The van der Waals surface area contributed by atoms with Crippen molar-refractivity contribution in [3.05, 3.63) is 32.8 Å². The van der Waals surface area contributed by atoms with Gasteiger partial charge < -0.3 is 14.5 Å². The maximum atomic E-state index is 12.3. The summed E-state index contributed by atoms with van der Waals surface area (Å²) in [7, 11) is 0. The third kappa shape index (κ3) is 3.48. The van der Waals surface area contributed by atoms with Crippen LogP contribution in [-0.2, 0) is 9.53 Å². The molecule has 2 heterocycles. The minimum atomic E-state index is -0.410. The fourth-order valence-corrected chi connectivity index (χ4v) is 3.63. The summed E-state index contributed by atoms with van der Waals surface area (Å²) in [6.07, 6.45) is 1.49. The van der Waals surface area contributed by atoms with Crippen LogP contribution >= 0.6 is 15.9 Å². The molecule has 0 saturated carbocycles. The van der Waals surface area contributed by atoms with E-state index in [1.54, 1.807) is 6.07 Å². The summed E-state index contributed by atoms with van der Waals surface area (Å²) in [6.45, 7) is 3.36. The molecule has 1 amide bonds. The van der Waals surface area contributed by atoms with E-state index in [0.29, 0.717) is 37.3 Å². The molecule has 2 saturated heterocycles.